The maximum absolute atomic E-state index is 12.9. The quantitative estimate of drug-likeness (QED) is 0.237. The van der Waals surface area contributed by atoms with E-state index in [-0.39, 0.29) is 17.7 Å². The summed E-state index contributed by atoms with van der Waals surface area (Å²) in [6, 6.07) is 24.6. The Morgan fingerprint density at radius 3 is 1.54 bits per heavy atom. The molecule has 3 aromatic carbocycles. The molecule has 0 aromatic heterocycles. The van der Waals surface area contributed by atoms with Gasteiger partial charge in [0.2, 0.25) is 0 Å². The molecule has 1 aliphatic heterocycles. The summed E-state index contributed by atoms with van der Waals surface area (Å²) in [5.41, 5.74) is 0.771. The van der Waals surface area contributed by atoms with Gasteiger partial charge in [0.25, 0.3) is 0 Å². The van der Waals surface area contributed by atoms with Gasteiger partial charge in [-0.25, -0.2) is 14.4 Å². The number of halogens is 1. The summed E-state index contributed by atoms with van der Waals surface area (Å²) in [6.45, 7) is -0.369. The standard InChI is InChI=1S/C28H23ClO8/c29-16-21(30)23-25(37-28(33)20-14-8-3-9-15-20)24(36-27(32)19-12-6-2-7-13-19)22(35-23)17-34-26(31)18-10-4-1-5-11-18/h1-15,22-25H,16-17H2/t22-,23+,24-,25+/m1/s1. The van der Waals surface area contributed by atoms with E-state index in [9.17, 15) is 19.2 Å². The van der Waals surface area contributed by atoms with Crippen LogP contribution >= 0.6 is 11.6 Å². The lowest BCUT2D eigenvalue weighted by atomic mass is 10.0. The van der Waals surface area contributed by atoms with Crippen molar-refractivity contribution >= 4 is 35.3 Å². The van der Waals surface area contributed by atoms with Crippen LogP contribution in [0.5, 0.6) is 0 Å². The molecule has 3 aromatic rings. The molecule has 1 fully saturated rings. The van der Waals surface area contributed by atoms with Gasteiger partial charge in [0.05, 0.1) is 22.6 Å². The molecule has 0 N–H and O–H groups in total. The number of benzene rings is 3. The molecule has 0 bridgehead atoms. The van der Waals surface area contributed by atoms with Gasteiger partial charge in [0.1, 0.15) is 12.7 Å². The predicted molar refractivity (Wildman–Crippen MR) is 132 cm³/mol. The Labute approximate surface area is 218 Å². The summed E-state index contributed by atoms with van der Waals surface area (Å²) in [4.78, 5) is 50.9. The van der Waals surface area contributed by atoms with Crippen LogP contribution in [0.3, 0.4) is 0 Å². The van der Waals surface area contributed by atoms with E-state index in [1.54, 1.807) is 91.0 Å². The van der Waals surface area contributed by atoms with Crippen LogP contribution in [0.4, 0.5) is 0 Å². The van der Waals surface area contributed by atoms with Crippen LogP contribution in [0.2, 0.25) is 0 Å². The van der Waals surface area contributed by atoms with Gasteiger partial charge in [-0.1, -0.05) is 54.6 Å². The number of Topliss-reactive ketones (excluding diaryl/α,β-unsaturated/α-hetero) is 1. The lowest BCUT2D eigenvalue weighted by Crippen LogP contribution is -2.44. The van der Waals surface area contributed by atoms with Gasteiger partial charge in [-0.2, -0.15) is 0 Å². The third-order valence-electron chi connectivity index (χ3n) is 5.65. The summed E-state index contributed by atoms with van der Waals surface area (Å²) >= 11 is 5.79. The van der Waals surface area contributed by atoms with Crippen molar-refractivity contribution < 1.29 is 38.1 Å². The largest absolute Gasteiger partial charge is 0.459 e. The first-order chi connectivity index (χ1) is 18.0. The first kappa shape index (κ1) is 26.1. The number of rotatable bonds is 9. The van der Waals surface area contributed by atoms with Gasteiger partial charge in [-0.3, -0.25) is 4.79 Å². The van der Waals surface area contributed by atoms with E-state index in [0.29, 0.717) is 5.56 Å². The highest BCUT2D eigenvalue weighted by atomic mass is 35.5. The Morgan fingerprint density at radius 2 is 1.08 bits per heavy atom. The highest BCUT2D eigenvalue weighted by Crippen LogP contribution is 2.30. The molecule has 0 unspecified atom stereocenters. The normalized spacial score (nSPS) is 20.6. The fourth-order valence-corrected chi connectivity index (χ4v) is 3.97. The summed E-state index contributed by atoms with van der Waals surface area (Å²) < 4.78 is 22.6. The second-order valence-electron chi connectivity index (χ2n) is 8.13. The van der Waals surface area contributed by atoms with Crippen molar-refractivity contribution in [2.75, 3.05) is 12.5 Å². The van der Waals surface area contributed by atoms with E-state index in [0.717, 1.165) is 0 Å². The zero-order valence-corrected chi connectivity index (χ0v) is 20.3. The van der Waals surface area contributed by atoms with E-state index in [4.69, 9.17) is 30.5 Å². The minimum atomic E-state index is -1.33. The topological polar surface area (TPSA) is 105 Å². The minimum absolute atomic E-state index is 0.228. The molecule has 190 valence electrons. The van der Waals surface area contributed by atoms with E-state index < -0.39 is 54.0 Å². The predicted octanol–water partition coefficient (Wildman–Crippen LogP) is 3.87. The second kappa shape index (κ2) is 12.3. The number of hydrogen-bond acceptors (Lipinski definition) is 8. The van der Waals surface area contributed by atoms with Gasteiger partial charge in [0.15, 0.2) is 24.1 Å². The molecular weight excluding hydrogens is 500 g/mol. The van der Waals surface area contributed by atoms with E-state index >= 15 is 0 Å². The molecule has 1 heterocycles. The maximum Gasteiger partial charge on any atom is 0.338 e. The summed E-state index contributed by atoms with van der Waals surface area (Å²) in [5, 5.41) is 0. The average Bonchev–Trinajstić information content (AvgIpc) is 3.28. The van der Waals surface area contributed by atoms with Crippen LogP contribution in [0.1, 0.15) is 31.1 Å². The molecule has 0 radical (unpaired) electrons. The van der Waals surface area contributed by atoms with Crippen LogP contribution < -0.4 is 0 Å². The Balaban J connectivity index is 1.60. The van der Waals surface area contributed by atoms with Crippen molar-refractivity contribution in [2.24, 2.45) is 0 Å². The lowest BCUT2D eigenvalue weighted by Gasteiger charge is -2.24. The monoisotopic (exact) mass is 522 g/mol. The zero-order valence-electron chi connectivity index (χ0n) is 19.5. The van der Waals surface area contributed by atoms with Gasteiger partial charge in [-0.05, 0) is 36.4 Å². The molecular formula is C28H23ClO8. The van der Waals surface area contributed by atoms with E-state index in [1.165, 1.54) is 0 Å². The highest BCUT2D eigenvalue weighted by Gasteiger charge is 2.52. The average molecular weight is 523 g/mol. The molecule has 0 amide bonds. The van der Waals surface area contributed by atoms with Crippen molar-refractivity contribution in [3.8, 4) is 0 Å². The number of hydrogen-bond donors (Lipinski definition) is 0. The van der Waals surface area contributed by atoms with Gasteiger partial charge >= 0.3 is 17.9 Å². The van der Waals surface area contributed by atoms with E-state index in [1.807, 2.05) is 0 Å². The van der Waals surface area contributed by atoms with Gasteiger partial charge < -0.3 is 18.9 Å². The number of ketones is 1. The third-order valence-corrected chi connectivity index (χ3v) is 5.92. The lowest BCUT2D eigenvalue weighted by molar-refractivity contribution is -0.131. The van der Waals surface area contributed by atoms with Crippen molar-refractivity contribution in [1.82, 2.24) is 0 Å². The van der Waals surface area contributed by atoms with Crippen molar-refractivity contribution in [1.29, 1.82) is 0 Å². The Kier molecular flexibility index (Phi) is 8.66. The van der Waals surface area contributed by atoms with Gasteiger partial charge in [-0.15, -0.1) is 11.6 Å². The number of carbonyl (C=O) groups excluding carboxylic acids is 4. The number of alkyl halides is 1. The summed E-state index contributed by atoms with van der Waals surface area (Å²) in [7, 11) is 0. The van der Waals surface area contributed by atoms with E-state index in [2.05, 4.69) is 0 Å². The van der Waals surface area contributed by atoms with Crippen molar-refractivity contribution in [3.63, 3.8) is 0 Å². The molecule has 0 saturated carbocycles. The van der Waals surface area contributed by atoms with Gasteiger partial charge in [0, 0.05) is 0 Å². The molecule has 9 heteroatoms. The summed E-state index contributed by atoms with van der Waals surface area (Å²) in [5.74, 6) is -3.12. The highest BCUT2D eigenvalue weighted by molar-refractivity contribution is 6.28. The molecule has 1 saturated heterocycles. The second-order valence-corrected chi connectivity index (χ2v) is 8.40. The minimum Gasteiger partial charge on any atom is -0.459 e. The third kappa shape index (κ3) is 6.41. The Hall–Kier alpha value is -4.01. The molecule has 1 aliphatic rings. The van der Waals surface area contributed by atoms with Crippen LogP contribution in [0.15, 0.2) is 91.0 Å². The smallest absolute Gasteiger partial charge is 0.338 e. The van der Waals surface area contributed by atoms with Crippen LogP contribution in [0, 0.1) is 0 Å². The first-order valence-electron chi connectivity index (χ1n) is 11.5. The molecule has 0 spiro atoms. The SMILES string of the molecule is O=C(OC[C@H]1O[C@@H](C(=O)CCl)[C@H](OC(=O)c2ccccc2)[C@@H]1OC(=O)c1ccccc1)c1ccccc1. The molecule has 37 heavy (non-hydrogen) atoms. The van der Waals surface area contributed by atoms with Crippen molar-refractivity contribution in [2.45, 2.75) is 24.4 Å². The number of carbonyl (C=O) groups is 4. The number of ether oxygens (including phenoxy) is 4. The first-order valence-corrected chi connectivity index (χ1v) is 12.0. The summed E-state index contributed by atoms with van der Waals surface area (Å²) in [6.07, 6.45) is -5.03. The Bertz CT molecular complexity index is 1230. The molecule has 4 atom stereocenters. The Morgan fingerprint density at radius 1 is 0.649 bits per heavy atom. The molecule has 0 aliphatic carbocycles. The van der Waals surface area contributed by atoms with Crippen molar-refractivity contribution in [3.05, 3.63) is 108 Å². The fourth-order valence-electron chi connectivity index (χ4n) is 3.82. The number of esters is 3. The zero-order chi connectivity index (χ0) is 26.2. The van der Waals surface area contributed by atoms with Crippen LogP contribution in [-0.4, -0.2) is 60.6 Å². The fraction of sp³-hybridized carbons (Fsp3) is 0.214. The maximum atomic E-state index is 12.9. The van der Waals surface area contributed by atoms with Crippen LogP contribution in [-0.2, 0) is 23.7 Å². The molecule has 4 rings (SSSR count). The van der Waals surface area contributed by atoms with Crippen LogP contribution in [0.25, 0.3) is 0 Å². The molecule has 8 nitrogen and oxygen atoms in total.